The summed E-state index contributed by atoms with van der Waals surface area (Å²) in [4.78, 5) is 0. The maximum absolute atomic E-state index is 8.63. The Kier molecular flexibility index (Phi) is 13.4. The van der Waals surface area contributed by atoms with Crippen molar-refractivity contribution in [3.63, 3.8) is 0 Å². The number of benzene rings is 1. The van der Waals surface area contributed by atoms with Crippen LogP contribution in [0.15, 0.2) is 30.3 Å². The van der Waals surface area contributed by atoms with E-state index in [9.17, 15) is 0 Å². The van der Waals surface area contributed by atoms with Gasteiger partial charge in [-0.15, -0.1) is 0 Å². The summed E-state index contributed by atoms with van der Waals surface area (Å²) in [5, 5.41) is 8.63. The van der Waals surface area contributed by atoms with Gasteiger partial charge >= 0.3 is 0 Å². The minimum absolute atomic E-state index is 0.322. The fourth-order valence-electron chi connectivity index (χ4n) is 0.428. The van der Waals surface area contributed by atoms with E-state index in [0.717, 1.165) is 0 Å². The molecule has 0 bridgehead atoms. The zero-order valence-corrected chi connectivity index (χ0v) is 6.99. The standard InChI is InChI=1S/C6H6O.2CH5N/c7-6-4-2-1-3-5-6;2*1-2/h1-5,7H;2*2H2,1H3. The first kappa shape index (κ1) is 12.6. The summed E-state index contributed by atoms with van der Waals surface area (Å²) in [5.74, 6) is 0.322. The first-order valence-corrected chi connectivity index (χ1v) is 3.29. The molecular weight excluding hydrogens is 140 g/mol. The van der Waals surface area contributed by atoms with E-state index < -0.39 is 0 Å². The number of phenols is 1. The maximum Gasteiger partial charge on any atom is 0.115 e. The molecule has 0 atom stereocenters. The smallest absolute Gasteiger partial charge is 0.115 e. The van der Waals surface area contributed by atoms with Crippen LogP contribution >= 0.6 is 0 Å². The van der Waals surface area contributed by atoms with Gasteiger partial charge in [-0.3, -0.25) is 0 Å². The van der Waals surface area contributed by atoms with Crippen molar-refractivity contribution in [2.75, 3.05) is 14.1 Å². The second kappa shape index (κ2) is 11.7. The third-order valence-electron chi connectivity index (χ3n) is 0.756. The third kappa shape index (κ3) is 8.94. The number of hydrogen-bond acceptors (Lipinski definition) is 3. The Morgan fingerprint density at radius 2 is 1.27 bits per heavy atom. The lowest BCUT2D eigenvalue weighted by molar-refractivity contribution is 0.475. The Balaban J connectivity index is 0. The highest BCUT2D eigenvalue weighted by Crippen LogP contribution is 2.02. The number of phenolic OH excluding ortho intramolecular Hbond substituents is 1. The fraction of sp³-hybridized carbons (Fsp3) is 0.250. The first-order valence-electron chi connectivity index (χ1n) is 3.29. The number of aromatic hydroxyl groups is 1. The number of nitrogens with two attached hydrogens (primary N) is 2. The SMILES string of the molecule is CN.CN.Oc1ccccc1. The highest BCUT2D eigenvalue weighted by Gasteiger charge is 1.74. The van der Waals surface area contributed by atoms with Gasteiger partial charge in [0.2, 0.25) is 0 Å². The molecule has 0 aromatic heterocycles. The van der Waals surface area contributed by atoms with Crippen molar-refractivity contribution in [2.24, 2.45) is 11.5 Å². The van der Waals surface area contributed by atoms with Crippen LogP contribution in [0.1, 0.15) is 0 Å². The molecule has 0 radical (unpaired) electrons. The topological polar surface area (TPSA) is 72.3 Å². The molecule has 3 heteroatoms. The van der Waals surface area contributed by atoms with E-state index in [1.54, 1.807) is 24.3 Å². The van der Waals surface area contributed by atoms with Crippen molar-refractivity contribution < 1.29 is 5.11 Å². The summed E-state index contributed by atoms with van der Waals surface area (Å²) in [7, 11) is 3.00. The van der Waals surface area contributed by atoms with Gasteiger partial charge in [-0.25, -0.2) is 0 Å². The van der Waals surface area contributed by atoms with Crippen molar-refractivity contribution in [1.82, 2.24) is 0 Å². The van der Waals surface area contributed by atoms with E-state index in [2.05, 4.69) is 11.5 Å². The van der Waals surface area contributed by atoms with Gasteiger partial charge in [0.05, 0.1) is 0 Å². The summed E-state index contributed by atoms with van der Waals surface area (Å²) in [6.45, 7) is 0. The molecule has 0 saturated heterocycles. The second-order valence-electron chi connectivity index (χ2n) is 1.34. The molecule has 1 rings (SSSR count). The van der Waals surface area contributed by atoms with Gasteiger partial charge < -0.3 is 16.6 Å². The van der Waals surface area contributed by atoms with Crippen LogP contribution in [-0.4, -0.2) is 19.2 Å². The molecule has 1 aromatic rings. The van der Waals surface area contributed by atoms with E-state index in [1.807, 2.05) is 6.07 Å². The maximum atomic E-state index is 8.63. The molecule has 0 unspecified atom stereocenters. The Bertz CT molecular complexity index is 142. The monoisotopic (exact) mass is 156 g/mol. The molecular formula is C8H16N2O. The Morgan fingerprint density at radius 1 is 0.909 bits per heavy atom. The van der Waals surface area contributed by atoms with Gasteiger partial charge in [0, 0.05) is 0 Å². The van der Waals surface area contributed by atoms with Crippen LogP contribution < -0.4 is 11.5 Å². The van der Waals surface area contributed by atoms with E-state index in [-0.39, 0.29) is 0 Å². The Labute approximate surface area is 67.6 Å². The molecule has 64 valence electrons. The summed E-state index contributed by atoms with van der Waals surface area (Å²) >= 11 is 0. The van der Waals surface area contributed by atoms with Gasteiger partial charge in [0.1, 0.15) is 5.75 Å². The van der Waals surface area contributed by atoms with Gasteiger partial charge in [-0.1, -0.05) is 18.2 Å². The predicted molar refractivity (Wildman–Crippen MR) is 48.3 cm³/mol. The molecule has 0 aliphatic heterocycles. The molecule has 1 aromatic carbocycles. The first-order chi connectivity index (χ1) is 5.39. The molecule has 0 aliphatic carbocycles. The van der Waals surface area contributed by atoms with Crippen LogP contribution in [0.5, 0.6) is 5.75 Å². The summed E-state index contributed by atoms with van der Waals surface area (Å²) in [6, 6.07) is 8.71. The van der Waals surface area contributed by atoms with Crippen molar-refractivity contribution in [3.05, 3.63) is 30.3 Å². The van der Waals surface area contributed by atoms with E-state index in [1.165, 1.54) is 14.1 Å². The van der Waals surface area contributed by atoms with Crippen LogP contribution in [0.3, 0.4) is 0 Å². The third-order valence-corrected chi connectivity index (χ3v) is 0.756. The predicted octanol–water partition coefficient (Wildman–Crippen LogP) is 0.542. The molecule has 5 N–H and O–H groups in total. The lowest BCUT2D eigenvalue weighted by atomic mass is 10.3. The van der Waals surface area contributed by atoms with Crippen LogP contribution in [0.25, 0.3) is 0 Å². The quantitative estimate of drug-likeness (QED) is 0.513. The zero-order valence-electron chi connectivity index (χ0n) is 6.99. The van der Waals surface area contributed by atoms with E-state index >= 15 is 0 Å². The highest BCUT2D eigenvalue weighted by molar-refractivity contribution is 5.18. The van der Waals surface area contributed by atoms with Gasteiger partial charge in [-0.05, 0) is 26.2 Å². The second-order valence-corrected chi connectivity index (χ2v) is 1.34. The van der Waals surface area contributed by atoms with E-state index in [0.29, 0.717) is 5.75 Å². The normalized spacial score (nSPS) is 6.55. The lowest BCUT2D eigenvalue weighted by Crippen LogP contribution is -1.69. The minimum Gasteiger partial charge on any atom is -0.508 e. The average Bonchev–Trinajstić information content (AvgIpc) is 2.13. The molecule has 0 spiro atoms. The average molecular weight is 156 g/mol. The molecule has 0 saturated carbocycles. The number of hydrogen-bond donors (Lipinski definition) is 3. The zero-order chi connectivity index (χ0) is 9.11. The number of para-hydroxylation sites is 1. The van der Waals surface area contributed by atoms with Crippen LogP contribution in [0, 0.1) is 0 Å². The molecule has 0 amide bonds. The molecule has 0 fully saturated rings. The van der Waals surface area contributed by atoms with Gasteiger partial charge in [0.15, 0.2) is 0 Å². The van der Waals surface area contributed by atoms with Crippen LogP contribution in [0.4, 0.5) is 0 Å². The highest BCUT2D eigenvalue weighted by atomic mass is 16.3. The van der Waals surface area contributed by atoms with Gasteiger partial charge in [0.25, 0.3) is 0 Å². The molecule has 11 heavy (non-hydrogen) atoms. The van der Waals surface area contributed by atoms with Crippen LogP contribution in [-0.2, 0) is 0 Å². The summed E-state index contributed by atoms with van der Waals surface area (Å²) in [5.41, 5.74) is 9.00. The lowest BCUT2D eigenvalue weighted by Gasteiger charge is -1.82. The van der Waals surface area contributed by atoms with Crippen molar-refractivity contribution >= 4 is 0 Å². The van der Waals surface area contributed by atoms with Crippen molar-refractivity contribution in [2.45, 2.75) is 0 Å². The fourth-order valence-corrected chi connectivity index (χ4v) is 0.428. The Hall–Kier alpha value is -1.06. The Morgan fingerprint density at radius 3 is 1.45 bits per heavy atom. The summed E-state index contributed by atoms with van der Waals surface area (Å²) in [6.07, 6.45) is 0. The number of rotatable bonds is 0. The largest absolute Gasteiger partial charge is 0.508 e. The molecule has 0 aliphatic rings. The van der Waals surface area contributed by atoms with Crippen molar-refractivity contribution in [1.29, 1.82) is 0 Å². The van der Waals surface area contributed by atoms with Crippen LogP contribution in [0.2, 0.25) is 0 Å². The van der Waals surface area contributed by atoms with Crippen molar-refractivity contribution in [3.8, 4) is 5.75 Å². The molecule has 0 heterocycles. The molecule has 3 nitrogen and oxygen atoms in total. The summed E-state index contributed by atoms with van der Waals surface area (Å²) < 4.78 is 0. The van der Waals surface area contributed by atoms with E-state index in [4.69, 9.17) is 5.11 Å². The van der Waals surface area contributed by atoms with Gasteiger partial charge in [-0.2, -0.15) is 0 Å². The minimum atomic E-state index is 0.322.